The summed E-state index contributed by atoms with van der Waals surface area (Å²) >= 11 is 0. The summed E-state index contributed by atoms with van der Waals surface area (Å²) in [7, 11) is 0. The van der Waals surface area contributed by atoms with Crippen LogP contribution in [-0.4, -0.2) is 45.4 Å². The van der Waals surface area contributed by atoms with Gasteiger partial charge in [-0.25, -0.2) is 4.68 Å². The molecule has 82 valence electrons. The van der Waals surface area contributed by atoms with E-state index < -0.39 is 0 Å². The molecule has 6 heteroatoms. The van der Waals surface area contributed by atoms with Crippen LogP contribution in [0.3, 0.4) is 0 Å². The van der Waals surface area contributed by atoms with Crippen molar-refractivity contribution in [3.63, 3.8) is 0 Å². The largest absolute Gasteiger partial charge is 0.341 e. The molecule has 0 saturated carbocycles. The molecular formula is C9H15N5O. The summed E-state index contributed by atoms with van der Waals surface area (Å²) in [4.78, 5) is 13.4. The van der Waals surface area contributed by atoms with Crippen LogP contribution in [0.4, 0.5) is 0 Å². The number of amides is 1. The van der Waals surface area contributed by atoms with Gasteiger partial charge in [0.25, 0.3) is 0 Å². The number of carbonyl (C=O) groups excluding carboxylic acids is 1. The van der Waals surface area contributed by atoms with Crippen LogP contribution in [0.1, 0.15) is 12.1 Å². The van der Waals surface area contributed by atoms with E-state index in [0.717, 1.165) is 25.2 Å². The minimum absolute atomic E-state index is 0.116. The molecule has 1 aromatic heterocycles. The summed E-state index contributed by atoms with van der Waals surface area (Å²) in [6.07, 6.45) is 3.60. The highest BCUT2D eigenvalue weighted by Gasteiger charge is 2.20. The van der Waals surface area contributed by atoms with Crippen molar-refractivity contribution in [2.24, 2.45) is 5.73 Å². The van der Waals surface area contributed by atoms with Crippen molar-refractivity contribution in [1.29, 1.82) is 0 Å². The van der Waals surface area contributed by atoms with Crippen molar-refractivity contribution < 1.29 is 4.79 Å². The lowest BCUT2D eigenvalue weighted by molar-refractivity contribution is -0.135. The average molecular weight is 209 g/mol. The third-order valence-electron chi connectivity index (χ3n) is 2.49. The molecule has 15 heavy (non-hydrogen) atoms. The summed E-state index contributed by atoms with van der Waals surface area (Å²) in [5, 5.41) is 7.80. The Labute approximate surface area is 88.0 Å². The third kappa shape index (κ3) is 2.33. The van der Waals surface area contributed by atoms with E-state index in [9.17, 15) is 4.79 Å². The number of aromatic nitrogens is 3. The van der Waals surface area contributed by atoms with Gasteiger partial charge in [-0.05, 0) is 13.0 Å². The lowest BCUT2D eigenvalue weighted by atomic mass is 10.2. The lowest BCUT2D eigenvalue weighted by Crippen LogP contribution is -2.43. The zero-order valence-corrected chi connectivity index (χ0v) is 8.59. The Bertz CT molecular complexity index is 344. The van der Waals surface area contributed by atoms with Crippen molar-refractivity contribution in [2.75, 3.05) is 19.6 Å². The predicted octanol–water partition coefficient (Wildman–Crippen LogP) is -0.988. The number of rotatable bonds is 4. The normalized spacial score (nSPS) is 15.1. The molecule has 0 spiro atoms. The van der Waals surface area contributed by atoms with Crippen molar-refractivity contribution >= 4 is 5.91 Å². The minimum atomic E-state index is 0.116. The summed E-state index contributed by atoms with van der Waals surface area (Å²) in [5.41, 5.74) is 6.24. The molecule has 0 atom stereocenters. The van der Waals surface area contributed by atoms with Gasteiger partial charge in [0.1, 0.15) is 6.54 Å². The first kappa shape index (κ1) is 10.1. The van der Waals surface area contributed by atoms with E-state index in [1.54, 1.807) is 10.9 Å². The second-order valence-corrected chi connectivity index (χ2v) is 3.68. The number of nitrogens with zero attached hydrogens (tertiary/aromatic N) is 4. The molecule has 1 aliphatic rings. The maximum Gasteiger partial charge on any atom is 0.244 e. The first-order valence-corrected chi connectivity index (χ1v) is 5.16. The molecule has 0 bridgehead atoms. The number of hydrogen-bond donors (Lipinski definition) is 1. The van der Waals surface area contributed by atoms with Gasteiger partial charge >= 0.3 is 0 Å². The van der Waals surface area contributed by atoms with E-state index >= 15 is 0 Å². The Balaban J connectivity index is 1.89. The molecule has 6 nitrogen and oxygen atoms in total. The Morgan fingerprint density at radius 3 is 2.93 bits per heavy atom. The van der Waals surface area contributed by atoms with Crippen LogP contribution < -0.4 is 5.73 Å². The average Bonchev–Trinajstić information content (AvgIpc) is 2.49. The molecular weight excluding hydrogens is 194 g/mol. The second-order valence-electron chi connectivity index (χ2n) is 3.68. The Morgan fingerprint density at radius 1 is 1.53 bits per heavy atom. The van der Waals surface area contributed by atoms with Crippen molar-refractivity contribution in [1.82, 2.24) is 19.9 Å². The number of likely N-dealkylation sites (tertiary alicyclic amines) is 1. The molecule has 1 amide bonds. The fourth-order valence-electron chi connectivity index (χ4n) is 1.48. The predicted molar refractivity (Wildman–Crippen MR) is 54.0 cm³/mol. The topological polar surface area (TPSA) is 77.0 Å². The lowest BCUT2D eigenvalue weighted by Gasteiger charge is -2.30. The Morgan fingerprint density at radius 2 is 2.33 bits per heavy atom. The Hall–Kier alpha value is -1.43. The SMILES string of the molecule is NCCc1cn(CC(=O)N2CCC2)nn1. The summed E-state index contributed by atoms with van der Waals surface area (Å²) in [5.74, 6) is 0.116. The molecule has 2 rings (SSSR count). The highest BCUT2D eigenvalue weighted by molar-refractivity contribution is 5.76. The van der Waals surface area contributed by atoms with E-state index in [2.05, 4.69) is 10.3 Å². The molecule has 0 aromatic carbocycles. The molecule has 1 aromatic rings. The van der Waals surface area contributed by atoms with Crippen LogP contribution in [0.5, 0.6) is 0 Å². The quantitative estimate of drug-likeness (QED) is 0.691. The fraction of sp³-hybridized carbons (Fsp3) is 0.667. The maximum atomic E-state index is 11.6. The van der Waals surface area contributed by atoms with Crippen LogP contribution in [-0.2, 0) is 17.8 Å². The highest BCUT2D eigenvalue weighted by atomic mass is 16.2. The highest BCUT2D eigenvalue weighted by Crippen LogP contribution is 2.06. The van der Waals surface area contributed by atoms with Crippen LogP contribution in [0.15, 0.2) is 6.20 Å². The van der Waals surface area contributed by atoms with Crippen LogP contribution >= 0.6 is 0 Å². The maximum absolute atomic E-state index is 11.6. The van der Waals surface area contributed by atoms with Crippen molar-refractivity contribution in [3.05, 3.63) is 11.9 Å². The summed E-state index contributed by atoms with van der Waals surface area (Å²) in [6, 6.07) is 0. The van der Waals surface area contributed by atoms with E-state index in [1.807, 2.05) is 4.90 Å². The second kappa shape index (κ2) is 4.39. The molecule has 0 unspecified atom stereocenters. The Kier molecular flexibility index (Phi) is 2.96. The smallest absolute Gasteiger partial charge is 0.244 e. The van der Waals surface area contributed by atoms with E-state index in [0.29, 0.717) is 13.0 Å². The van der Waals surface area contributed by atoms with Crippen molar-refractivity contribution in [2.45, 2.75) is 19.4 Å². The van der Waals surface area contributed by atoms with E-state index in [-0.39, 0.29) is 12.5 Å². The van der Waals surface area contributed by atoms with Crippen LogP contribution in [0.25, 0.3) is 0 Å². The molecule has 1 saturated heterocycles. The third-order valence-corrected chi connectivity index (χ3v) is 2.49. The van der Waals surface area contributed by atoms with Gasteiger partial charge in [-0.3, -0.25) is 4.79 Å². The monoisotopic (exact) mass is 209 g/mol. The molecule has 0 aliphatic carbocycles. The molecule has 2 heterocycles. The number of carbonyl (C=O) groups is 1. The molecule has 2 N–H and O–H groups in total. The number of hydrogen-bond acceptors (Lipinski definition) is 4. The van der Waals surface area contributed by atoms with E-state index in [4.69, 9.17) is 5.73 Å². The van der Waals surface area contributed by atoms with Gasteiger partial charge in [0.2, 0.25) is 5.91 Å². The first-order valence-electron chi connectivity index (χ1n) is 5.16. The molecule has 0 radical (unpaired) electrons. The van der Waals surface area contributed by atoms with Gasteiger partial charge in [-0.1, -0.05) is 5.21 Å². The fourth-order valence-corrected chi connectivity index (χ4v) is 1.48. The van der Waals surface area contributed by atoms with Gasteiger partial charge in [-0.15, -0.1) is 5.10 Å². The summed E-state index contributed by atoms with van der Waals surface area (Å²) < 4.78 is 1.58. The van der Waals surface area contributed by atoms with Crippen molar-refractivity contribution in [3.8, 4) is 0 Å². The molecule has 1 aliphatic heterocycles. The van der Waals surface area contributed by atoms with Gasteiger partial charge in [-0.2, -0.15) is 0 Å². The zero-order chi connectivity index (χ0) is 10.7. The summed E-state index contributed by atoms with van der Waals surface area (Å²) in [6.45, 7) is 2.60. The van der Waals surface area contributed by atoms with E-state index in [1.165, 1.54) is 0 Å². The van der Waals surface area contributed by atoms with Gasteiger partial charge in [0, 0.05) is 25.7 Å². The standard InChI is InChI=1S/C9H15N5O/c10-3-2-8-6-14(12-11-8)7-9(15)13-4-1-5-13/h6H,1-5,7,10H2. The first-order chi connectivity index (χ1) is 7.29. The van der Waals surface area contributed by atoms with Crippen LogP contribution in [0.2, 0.25) is 0 Å². The van der Waals surface area contributed by atoms with Gasteiger partial charge < -0.3 is 10.6 Å². The van der Waals surface area contributed by atoms with Crippen LogP contribution in [0, 0.1) is 0 Å². The zero-order valence-electron chi connectivity index (χ0n) is 8.59. The number of nitrogens with two attached hydrogens (primary N) is 1. The van der Waals surface area contributed by atoms with Gasteiger partial charge in [0.05, 0.1) is 5.69 Å². The minimum Gasteiger partial charge on any atom is -0.341 e. The van der Waals surface area contributed by atoms with Gasteiger partial charge in [0.15, 0.2) is 0 Å². The molecule has 1 fully saturated rings.